The highest BCUT2D eigenvalue weighted by molar-refractivity contribution is 8.00. The van der Waals surface area contributed by atoms with Crippen molar-refractivity contribution in [1.29, 1.82) is 0 Å². The molecule has 0 atom stereocenters. The summed E-state index contributed by atoms with van der Waals surface area (Å²) in [5.74, 6) is 0.866. The highest BCUT2D eigenvalue weighted by Gasteiger charge is 2.14. The summed E-state index contributed by atoms with van der Waals surface area (Å²) in [6.45, 7) is 3.80. The van der Waals surface area contributed by atoms with Crippen LogP contribution < -0.4 is 0 Å². The average molecular weight is 280 g/mol. The Kier molecular flexibility index (Phi) is 5.89. The minimum atomic E-state index is 0.520. The average Bonchev–Trinajstić information content (AvgIpc) is 2.37. The van der Waals surface area contributed by atoms with E-state index in [0.29, 0.717) is 16.9 Å². The summed E-state index contributed by atoms with van der Waals surface area (Å²) in [5.41, 5.74) is 1.75. The van der Waals surface area contributed by atoms with Crippen molar-refractivity contribution < 1.29 is 9.59 Å². The van der Waals surface area contributed by atoms with Gasteiger partial charge in [-0.15, -0.1) is 23.5 Å². The molecule has 6 heteroatoms. The molecule has 0 saturated carbocycles. The van der Waals surface area contributed by atoms with Crippen molar-refractivity contribution in [3.63, 3.8) is 0 Å². The molecule has 0 N–H and O–H groups in total. The van der Waals surface area contributed by atoms with Crippen molar-refractivity contribution >= 4 is 47.1 Å². The van der Waals surface area contributed by atoms with Gasteiger partial charge in [0.1, 0.15) is 0 Å². The first-order chi connectivity index (χ1) is 8.69. The van der Waals surface area contributed by atoms with Crippen LogP contribution in [0.15, 0.2) is 25.8 Å². The third-order valence-electron chi connectivity index (χ3n) is 2.27. The predicted molar refractivity (Wildman–Crippen MR) is 74.9 cm³/mol. The Morgan fingerprint density at radius 1 is 1.17 bits per heavy atom. The standard InChI is InChI=1S/C12H12N2O2S2/c1-4-18-10-5-9(17-3)11(13-6-15)8(2)12(10)14-7-16/h5H,4H2,1-3H3. The van der Waals surface area contributed by atoms with Crippen LogP contribution in [0.25, 0.3) is 0 Å². The molecule has 94 valence electrons. The van der Waals surface area contributed by atoms with Crippen LogP contribution in [0.2, 0.25) is 0 Å². The first-order valence-corrected chi connectivity index (χ1v) is 7.40. The van der Waals surface area contributed by atoms with Gasteiger partial charge >= 0.3 is 0 Å². The number of benzene rings is 1. The second kappa shape index (κ2) is 7.19. The normalized spacial score (nSPS) is 9.50. The van der Waals surface area contributed by atoms with Gasteiger partial charge in [0.2, 0.25) is 12.2 Å². The van der Waals surface area contributed by atoms with Gasteiger partial charge in [-0.25, -0.2) is 9.59 Å². The zero-order valence-corrected chi connectivity index (χ0v) is 11.9. The molecule has 18 heavy (non-hydrogen) atoms. The second-order valence-corrected chi connectivity index (χ2v) is 5.39. The van der Waals surface area contributed by atoms with Crippen LogP contribution in [-0.4, -0.2) is 24.2 Å². The number of isocyanates is 2. The Bertz CT molecular complexity index is 545. The zero-order chi connectivity index (χ0) is 13.5. The predicted octanol–water partition coefficient (Wildman–Crippen LogP) is 3.76. The van der Waals surface area contributed by atoms with E-state index in [-0.39, 0.29) is 0 Å². The Morgan fingerprint density at radius 3 is 2.17 bits per heavy atom. The summed E-state index contributed by atoms with van der Waals surface area (Å²) in [6.07, 6.45) is 4.98. The van der Waals surface area contributed by atoms with E-state index in [4.69, 9.17) is 0 Å². The number of rotatable bonds is 5. The molecule has 4 nitrogen and oxygen atoms in total. The highest BCUT2D eigenvalue weighted by atomic mass is 32.2. The molecule has 0 radical (unpaired) electrons. The van der Waals surface area contributed by atoms with E-state index in [2.05, 4.69) is 9.98 Å². The van der Waals surface area contributed by atoms with Gasteiger partial charge in [-0.3, -0.25) is 0 Å². The van der Waals surface area contributed by atoms with Crippen LogP contribution in [0.4, 0.5) is 11.4 Å². The first-order valence-electron chi connectivity index (χ1n) is 5.19. The van der Waals surface area contributed by atoms with E-state index in [1.807, 2.05) is 19.2 Å². The van der Waals surface area contributed by atoms with Crippen LogP contribution in [0.5, 0.6) is 0 Å². The minimum absolute atomic E-state index is 0.520. The van der Waals surface area contributed by atoms with E-state index in [0.717, 1.165) is 15.5 Å². The molecule has 1 aromatic rings. The maximum Gasteiger partial charge on any atom is 0.240 e. The number of carbonyl (C=O) groups excluding carboxylic acids is 2. The van der Waals surface area contributed by atoms with Gasteiger partial charge in [0, 0.05) is 15.4 Å². The Labute approximate surface area is 114 Å². The lowest BCUT2D eigenvalue weighted by Gasteiger charge is -2.12. The number of hydrogen-bond acceptors (Lipinski definition) is 6. The second-order valence-electron chi connectivity index (χ2n) is 3.24. The smallest absolute Gasteiger partial charge is 0.211 e. The van der Waals surface area contributed by atoms with Gasteiger partial charge < -0.3 is 0 Å². The third-order valence-corrected chi connectivity index (χ3v) is 3.94. The molecule has 1 aromatic carbocycles. The minimum Gasteiger partial charge on any atom is -0.211 e. The Balaban J connectivity index is 3.60. The van der Waals surface area contributed by atoms with Crippen molar-refractivity contribution in [1.82, 2.24) is 0 Å². The van der Waals surface area contributed by atoms with Crippen LogP contribution in [0.1, 0.15) is 12.5 Å². The fourth-order valence-electron chi connectivity index (χ4n) is 1.53. The number of aliphatic imine (C=N–C) groups is 2. The van der Waals surface area contributed by atoms with E-state index in [9.17, 15) is 9.59 Å². The number of thioether (sulfide) groups is 2. The topological polar surface area (TPSA) is 58.9 Å². The van der Waals surface area contributed by atoms with E-state index < -0.39 is 0 Å². The van der Waals surface area contributed by atoms with Gasteiger partial charge in [0.05, 0.1) is 11.4 Å². The fraction of sp³-hybridized carbons (Fsp3) is 0.333. The molecule has 0 heterocycles. The summed E-state index contributed by atoms with van der Waals surface area (Å²) >= 11 is 3.08. The molecule has 0 aliphatic carbocycles. The molecule has 1 rings (SSSR count). The van der Waals surface area contributed by atoms with Crippen LogP contribution >= 0.6 is 23.5 Å². The van der Waals surface area contributed by atoms with Crippen LogP contribution in [0, 0.1) is 6.92 Å². The monoisotopic (exact) mass is 280 g/mol. The summed E-state index contributed by atoms with van der Waals surface area (Å²) in [7, 11) is 0. The Hall–Kier alpha value is -1.32. The molecule has 0 aliphatic heterocycles. The molecule has 0 aliphatic rings. The van der Waals surface area contributed by atoms with Crippen LogP contribution in [-0.2, 0) is 9.59 Å². The molecule has 0 amide bonds. The molecular weight excluding hydrogens is 268 g/mol. The highest BCUT2D eigenvalue weighted by Crippen LogP contribution is 2.43. The molecular formula is C12H12N2O2S2. The van der Waals surface area contributed by atoms with E-state index in [1.54, 1.807) is 24.8 Å². The van der Waals surface area contributed by atoms with Gasteiger partial charge in [-0.05, 0) is 25.0 Å². The maximum absolute atomic E-state index is 10.5. The van der Waals surface area contributed by atoms with Gasteiger partial charge in [0.15, 0.2) is 0 Å². The lowest BCUT2D eigenvalue weighted by molar-refractivity contribution is 0.564. The molecule has 0 aromatic heterocycles. The molecule has 0 saturated heterocycles. The van der Waals surface area contributed by atoms with E-state index >= 15 is 0 Å². The summed E-state index contributed by atoms with van der Waals surface area (Å²) in [5, 5.41) is 0. The van der Waals surface area contributed by atoms with Crippen molar-refractivity contribution in [2.75, 3.05) is 12.0 Å². The first kappa shape index (κ1) is 14.7. The lowest BCUT2D eigenvalue weighted by Crippen LogP contribution is -1.86. The summed E-state index contributed by atoms with van der Waals surface area (Å²) in [6, 6.07) is 1.89. The molecule has 0 spiro atoms. The quantitative estimate of drug-likeness (QED) is 0.468. The van der Waals surface area contributed by atoms with Crippen molar-refractivity contribution in [3.8, 4) is 0 Å². The Morgan fingerprint density at radius 2 is 1.72 bits per heavy atom. The largest absolute Gasteiger partial charge is 0.240 e. The molecule has 0 unspecified atom stereocenters. The van der Waals surface area contributed by atoms with Gasteiger partial charge in [-0.1, -0.05) is 6.92 Å². The third kappa shape index (κ3) is 3.12. The van der Waals surface area contributed by atoms with Crippen molar-refractivity contribution in [2.45, 2.75) is 23.6 Å². The lowest BCUT2D eigenvalue weighted by atomic mass is 10.1. The molecule has 0 fully saturated rings. The number of nitrogens with zero attached hydrogens (tertiary/aromatic N) is 2. The maximum atomic E-state index is 10.5. The molecule has 0 bridgehead atoms. The van der Waals surface area contributed by atoms with Gasteiger partial charge in [-0.2, -0.15) is 9.98 Å². The SMILES string of the molecule is CCSc1cc(SC)c(N=C=O)c(C)c1N=C=O. The van der Waals surface area contributed by atoms with Crippen LogP contribution in [0.3, 0.4) is 0 Å². The zero-order valence-electron chi connectivity index (χ0n) is 10.3. The number of hydrogen-bond donors (Lipinski definition) is 0. The van der Waals surface area contributed by atoms with Crippen molar-refractivity contribution in [2.24, 2.45) is 9.98 Å². The fourth-order valence-corrected chi connectivity index (χ4v) is 3.08. The summed E-state index contributed by atoms with van der Waals surface area (Å²) in [4.78, 5) is 30.1. The summed E-state index contributed by atoms with van der Waals surface area (Å²) < 4.78 is 0. The van der Waals surface area contributed by atoms with E-state index in [1.165, 1.54) is 17.8 Å². The van der Waals surface area contributed by atoms with Gasteiger partial charge in [0.25, 0.3) is 0 Å². The van der Waals surface area contributed by atoms with Crippen molar-refractivity contribution in [3.05, 3.63) is 11.6 Å².